The average Bonchev–Trinajstić information content (AvgIpc) is 3.40. The maximum atomic E-state index is 3.94. The van der Waals surface area contributed by atoms with E-state index in [0.717, 1.165) is 0 Å². The third kappa shape index (κ3) is 2.13. The number of hydrogen-bond acceptors (Lipinski definition) is 0. The number of H-pyrrole nitrogens is 1. The molecule has 0 aliphatic heterocycles. The highest BCUT2D eigenvalue weighted by molar-refractivity contribution is 6.27. The van der Waals surface area contributed by atoms with Crippen LogP contribution in [0.25, 0.3) is 54.5 Å². The van der Waals surface area contributed by atoms with Crippen molar-refractivity contribution in [1.29, 1.82) is 0 Å². The van der Waals surface area contributed by atoms with Gasteiger partial charge in [-0.2, -0.15) is 0 Å². The first-order valence-corrected chi connectivity index (χ1v) is 12.3. The third-order valence-electron chi connectivity index (χ3n) is 8.56. The van der Waals surface area contributed by atoms with Crippen LogP contribution in [-0.2, 0) is 5.41 Å². The second kappa shape index (κ2) is 6.26. The Balaban J connectivity index is 1.67. The number of benzene rings is 5. The minimum absolute atomic E-state index is 0.132. The molecular weight excluding hydrogens is 398 g/mol. The summed E-state index contributed by atoms with van der Waals surface area (Å²) < 4.78 is 0. The highest BCUT2D eigenvalue weighted by Crippen LogP contribution is 2.60. The Kier molecular flexibility index (Phi) is 3.40. The molecule has 158 valence electrons. The van der Waals surface area contributed by atoms with Crippen molar-refractivity contribution < 1.29 is 0 Å². The molecule has 0 saturated heterocycles. The van der Waals surface area contributed by atoms with Gasteiger partial charge in [0, 0.05) is 27.0 Å². The number of nitrogens with one attached hydrogen (secondary N) is 1. The molecule has 0 bridgehead atoms. The van der Waals surface area contributed by atoms with E-state index in [0.29, 0.717) is 0 Å². The Bertz CT molecular complexity index is 1740. The molecule has 0 amide bonds. The van der Waals surface area contributed by atoms with Crippen LogP contribution < -0.4 is 0 Å². The first-order chi connectivity index (χ1) is 16.4. The second-order valence-electron chi connectivity index (χ2n) is 10.1. The summed E-state index contributed by atoms with van der Waals surface area (Å²) >= 11 is 0. The molecular formula is C32H25N. The highest BCUT2D eigenvalue weighted by Gasteiger charge is 2.46. The molecule has 1 spiro atoms. The molecule has 1 fully saturated rings. The van der Waals surface area contributed by atoms with Gasteiger partial charge in [-0.05, 0) is 45.9 Å². The zero-order valence-electron chi connectivity index (χ0n) is 18.6. The van der Waals surface area contributed by atoms with E-state index in [4.69, 9.17) is 0 Å². The molecule has 2 aliphatic carbocycles. The Morgan fingerprint density at radius 1 is 0.576 bits per heavy atom. The van der Waals surface area contributed by atoms with Crippen LogP contribution in [0.15, 0.2) is 84.9 Å². The quantitative estimate of drug-likeness (QED) is 0.251. The predicted molar refractivity (Wildman–Crippen MR) is 140 cm³/mol. The monoisotopic (exact) mass is 423 g/mol. The topological polar surface area (TPSA) is 15.8 Å². The van der Waals surface area contributed by atoms with E-state index >= 15 is 0 Å². The zero-order chi connectivity index (χ0) is 21.6. The first kappa shape index (κ1) is 17.9. The highest BCUT2D eigenvalue weighted by atomic mass is 14.7. The van der Waals surface area contributed by atoms with E-state index in [1.165, 1.54) is 86.6 Å². The van der Waals surface area contributed by atoms with Crippen molar-refractivity contribution >= 4 is 43.4 Å². The van der Waals surface area contributed by atoms with Crippen molar-refractivity contribution in [2.45, 2.75) is 37.5 Å². The third-order valence-corrected chi connectivity index (χ3v) is 8.56. The van der Waals surface area contributed by atoms with E-state index < -0.39 is 0 Å². The molecule has 2 aliphatic rings. The molecule has 0 radical (unpaired) electrons. The maximum absolute atomic E-state index is 3.94. The maximum Gasteiger partial charge on any atom is 0.0548 e. The standard InChI is InChI=1S/C32H25N/c1-8-18-32(19-9-1)26-15-7-6-14-24(26)27-22-12-4-5-13-23(22)31-28(29(27)32)25-17-16-20-10-2-3-11-21(20)30(25)33-31/h2-7,10-17,33H,1,8-9,18-19H2. The van der Waals surface area contributed by atoms with Gasteiger partial charge in [0.25, 0.3) is 0 Å². The second-order valence-corrected chi connectivity index (χ2v) is 10.1. The summed E-state index contributed by atoms with van der Waals surface area (Å²) in [4.78, 5) is 3.94. The molecule has 0 atom stereocenters. The van der Waals surface area contributed by atoms with Gasteiger partial charge >= 0.3 is 0 Å². The van der Waals surface area contributed by atoms with Crippen LogP contribution in [-0.4, -0.2) is 4.98 Å². The molecule has 1 aromatic heterocycles. The van der Waals surface area contributed by atoms with Gasteiger partial charge in [-0.3, -0.25) is 0 Å². The molecule has 5 aromatic carbocycles. The average molecular weight is 424 g/mol. The Labute approximate surface area is 193 Å². The fraction of sp³-hybridized carbons (Fsp3) is 0.188. The van der Waals surface area contributed by atoms with Gasteiger partial charge in [0.2, 0.25) is 0 Å². The van der Waals surface area contributed by atoms with Crippen molar-refractivity contribution in [3.05, 3.63) is 96.1 Å². The van der Waals surface area contributed by atoms with Gasteiger partial charge in [0.1, 0.15) is 0 Å². The van der Waals surface area contributed by atoms with Crippen LogP contribution in [0.4, 0.5) is 0 Å². The summed E-state index contributed by atoms with van der Waals surface area (Å²) in [5.41, 5.74) is 8.84. The van der Waals surface area contributed by atoms with Gasteiger partial charge in [-0.1, -0.05) is 104 Å². The molecule has 1 N–H and O–H groups in total. The molecule has 1 heteroatoms. The van der Waals surface area contributed by atoms with E-state index in [-0.39, 0.29) is 5.41 Å². The summed E-state index contributed by atoms with van der Waals surface area (Å²) in [6.45, 7) is 0. The Morgan fingerprint density at radius 3 is 2.18 bits per heavy atom. The van der Waals surface area contributed by atoms with E-state index in [9.17, 15) is 0 Å². The number of hydrogen-bond donors (Lipinski definition) is 1. The molecule has 6 aromatic rings. The van der Waals surface area contributed by atoms with Crippen molar-refractivity contribution in [1.82, 2.24) is 4.98 Å². The van der Waals surface area contributed by atoms with Crippen LogP contribution >= 0.6 is 0 Å². The van der Waals surface area contributed by atoms with Gasteiger partial charge in [0.05, 0.1) is 11.0 Å². The van der Waals surface area contributed by atoms with Crippen molar-refractivity contribution in [3.63, 3.8) is 0 Å². The molecule has 1 saturated carbocycles. The van der Waals surface area contributed by atoms with Crippen LogP contribution in [0.2, 0.25) is 0 Å². The summed E-state index contributed by atoms with van der Waals surface area (Å²) in [5.74, 6) is 0. The first-order valence-electron chi connectivity index (χ1n) is 12.3. The molecule has 33 heavy (non-hydrogen) atoms. The van der Waals surface area contributed by atoms with Crippen LogP contribution in [0.3, 0.4) is 0 Å². The van der Waals surface area contributed by atoms with Crippen LogP contribution in [0, 0.1) is 0 Å². The number of aromatic amines is 1. The van der Waals surface area contributed by atoms with Crippen LogP contribution in [0.5, 0.6) is 0 Å². The number of fused-ring (bicyclic) bond motifs is 14. The van der Waals surface area contributed by atoms with Crippen molar-refractivity contribution in [2.24, 2.45) is 0 Å². The summed E-state index contributed by atoms with van der Waals surface area (Å²) in [6.07, 6.45) is 6.49. The Morgan fingerprint density at radius 2 is 1.30 bits per heavy atom. The van der Waals surface area contributed by atoms with E-state index in [1.807, 2.05) is 0 Å². The lowest BCUT2D eigenvalue weighted by molar-refractivity contribution is 0.355. The summed E-state index contributed by atoms with van der Waals surface area (Å²) in [6, 6.07) is 31.8. The SMILES string of the molecule is c1ccc2c(c1)-c1c(c3c4ccc5ccccc5c4[nH]c3c3ccccc13)C21CCCCC1. The molecule has 1 heterocycles. The predicted octanol–water partition coefficient (Wildman–Crippen LogP) is 8.86. The minimum atomic E-state index is 0.132. The smallest absolute Gasteiger partial charge is 0.0548 e. The zero-order valence-corrected chi connectivity index (χ0v) is 18.6. The lowest BCUT2D eigenvalue weighted by Gasteiger charge is -2.36. The normalized spacial score (nSPS) is 16.7. The number of aromatic nitrogens is 1. The van der Waals surface area contributed by atoms with Crippen molar-refractivity contribution in [2.75, 3.05) is 0 Å². The minimum Gasteiger partial charge on any atom is -0.353 e. The lowest BCUT2D eigenvalue weighted by Crippen LogP contribution is -2.28. The number of rotatable bonds is 0. The fourth-order valence-corrected chi connectivity index (χ4v) is 7.26. The van der Waals surface area contributed by atoms with Crippen molar-refractivity contribution in [3.8, 4) is 11.1 Å². The Hall–Kier alpha value is -3.58. The molecule has 8 rings (SSSR count). The van der Waals surface area contributed by atoms with Gasteiger partial charge in [-0.15, -0.1) is 0 Å². The van der Waals surface area contributed by atoms with E-state index in [1.54, 1.807) is 11.1 Å². The summed E-state index contributed by atoms with van der Waals surface area (Å²) in [7, 11) is 0. The fourth-order valence-electron chi connectivity index (χ4n) is 7.26. The lowest BCUT2D eigenvalue weighted by atomic mass is 9.66. The van der Waals surface area contributed by atoms with Gasteiger partial charge in [0.15, 0.2) is 0 Å². The van der Waals surface area contributed by atoms with E-state index in [2.05, 4.69) is 89.9 Å². The summed E-state index contributed by atoms with van der Waals surface area (Å²) in [5, 5.41) is 8.19. The van der Waals surface area contributed by atoms with Crippen LogP contribution in [0.1, 0.15) is 43.2 Å². The van der Waals surface area contributed by atoms with Gasteiger partial charge < -0.3 is 4.98 Å². The van der Waals surface area contributed by atoms with Gasteiger partial charge in [-0.25, -0.2) is 0 Å². The largest absolute Gasteiger partial charge is 0.353 e. The molecule has 1 nitrogen and oxygen atoms in total. The molecule has 0 unspecified atom stereocenters.